The van der Waals surface area contributed by atoms with Crippen molar-refractivity contribution in [3.8, 4) is 11.1 Å². The molecule has 0 spiro atoms. The summed E-state index contributed by atoms with van der Waals surface area (Å²) in [6.07, 6.45) is 4.93. The Labute approximate surface area is 253 Å². The zero-order valence-electron chi connectivity index (χ0n) is 26.2. The van der Waals surface area contributed by atoms with E-state index in [1.165, 1.54) is 27.4 Å². The SMILES string of the molecule is CC(=NOCC(C)C)c1ccc2c(c1)c1c3c(c4c(c1n2CCCN1CCN(C)CC1)CCc1nn(C)cc1-4)C(=O)NC3. The van der Waals surface area contributed by atoms with E-state index in [-0.39, 0.29) is 5.91 Å². The second-order valence-corrected chi connectivity index (χ2v) is 13.0. The van der Waals surface area contributed by atoms with Crippen LogP contribution in [-0.2, 0) is 37.8 Å². The number of oxime groups is 1. The number of hydrogen-bond donors (Lipinski definition) is 1. The summed E-state index contributed by atoms with van der Waals surface area (Å²) in [4.78, 5) is 24.1. The van der Waals surface area contributed by atoms with E-state index in [2.05, 4.69) is 70.1 Å². The van der Waals surface area contributed by atoms with E-state index in [9.17, 15) is 4.79 Å². The van der Waals surface area contributed by atoms with Crippen molar-refractivity contribution in [3.05, 3.63) is 52.3 Å². The molecule has 9 nitrogen and oxygen atoms in total. The van der Waals surface area contributed by atoms with Gasteiger partial charge in [0.25, 0.3) is 5.91 Å². The fourth-order valence-corrected chi connectivity index (χ4v) is 7.23. The number of nitrogens with zero attached hydrogens (tertiary/aromatic N) is 6. The Bertz CT molecular complexity index is 1750. The first kappa shape index (κ1) is 28.1. The molecule has 0 unspecified atom stereocenters. The van der Waals surface area contributed by atoms with Crippen molar-refractivity contribution < 1.29 is 9.63 Å². The topological polar surface area (TPSA) is 79.9 Å². The number of likely N-dealkylation sites (N-methyl/N-ethyl adjacent to an activating group) is 1. The quantitative estimate of drug-likeness (QED) is 0.244. The fourth-order valence-electron chi connectivity index (χ4n) is 7.23. The molecule has 1 amide bonds. The minimum atomic E-state index is 0.0248. The number of rotatable bonds is 8. The molecule has 43 heavy (non-hydrogen) atoms. The number of aromatic nitrogens is 3. The van der Waals surface area contributed by atoms with Gasteiger partial charge in [-0.05, 0) is 74.5 Å². The minimum absolute atomic E-state index is 0.0248. The van der Waals surface area contributed by atoms with Crippen molar-refractivity contribution in [3.63, 3.8) is 0 Å². The summed E-state index contributed by atoms with van der Waals surface area (Å²) >= 11 is 0. The van der Waals surface area contributed by atoms with Crippen molar-refractivity contribution in [1.29, 1.82) is 0 Å². The van der Waals surface area contributed by atoms with Crippen molar-refractivity contribution in [2.45, 2.75) is 53.1 Å². The molecular formula is C34H43N7O2. The molecule has 0 radical (unpaired) electrons. The molecule has 1 N–H and O–H groups in total. The van der Waals surface area contributed by atoms with E-state index in [4.69, 9.17) is 9.94 Å². The third-order valence-electron chi connectivity index (χ3n) is 9.42. The van der Waals surface area contributed by atoms with Gasteiger partial charge in [0.1, 0.15) is 6.61 Å². The molecule has 4 heterocycles. The number of hydrogen-bond acceptors (Lipinski definition) is 6. The molecule has 9 heteroatoms. The molecule has 1 fully saturated rings. The van der Waals surface area contributed by atoms with E-state index in [0.717, 1.165) is 97.8 Å². The first-order valence-electron chi connectivity index (χ1n) is 15.8. The van der Waals surface area contributed by atoms with Gasteiger partial charge in [-0.1, -0.05) is 25.1 Å². The summed E-state index contributed by atoms with van der Waals surface area (Å²) in [5, 5.41) is 14.8. The van der Waals surface area contributed by atoms with Crippen LogP contribution in [0.1, 0.15) is 59.9 Å². The maximum Gasteiger partial charge on any atom is 0.252 e. The lowest BCUT2D eigenvalue weighted by atomic mass is 9.82. The second kappa shape index (κ2) is 11.1. The Hall–Kier alpha value is -3.69. The van der Waals surface area contributed by atoms with E-state index < -0.39 is 0 Å². The van der Waals surface area contributed by atoms with E-state index in [1.54, 1.807) is 0 Å². The van der Waals surface area contributed by atoms with Crippen LogP contribution in [0.3, 0.4) is 0 Å². The minimum Gasteiger partial charge on any atom is -0.395 e. The summed E-state index contributed by atoms with van der Waals surface area (Å²) in [5.74, 6) is 0.443. The third kappa shape index (κ3) is 4.92. The Morgan fingerprint density at radius 3 is 2.67 bits per heavy atom. The molecule has 0 bridgehead atoms. The van der Waals surface area contributed by atoms with Crippen LogP contribution in [0.4, 0.5) is 0 Å². The molecule has 3 aliphatic rings. The average molecular weight is 582 g/mol. The molecule has 2 aromatic carbocycles. The van der Waals surface area contributed by atoms with Crippen molar-refractivity contribution in [2.75, 3.05) is 46.4 Å². The first-order valence-corrected chi connectivity index (χ1v) is 15.8. The highest BCUT2D eigenvalue weighted by Crippen LogP contribution is 2.47. The van der Waals surface area contributed by atoms with Crippen LogP contribution in [0.25, 0.3) is 32.9 Å². The lowest BCUT2D eigenvalue weighted by molar-refractivity contribution is 0.0966. The van der Waals surface area contributed by atoms with Crippen LogP contribution in [0.5, 0.6) is 0 Å². The maximum absolute atomic E-state index is 13.5. The van der Waals surface area contributed by atoms with Gasteiger partial charge in [-0.3, -0.25) is 9.48 Å². The first-order chi connectivity index (χ1) is 20.8. The van der Waals surface area contributed by atoms with Crippen LogP contribution in [0.15, 0.2) is 29.6 Å². The van der Waals surface area contributed by atoms with Gasteiger partial charge in [-0.25, -0.2) is 0 Å². The number of piperazine rings is 1. The van der Waals surface area contributed by atoms with Gasteiger partial charge in [0, 0.05) is 79.9 Å². The fraction of sp³-hybridized carbons (Fsp3) is 0.500. The van der Waals surface area contributed by atoms with Gasteiger partial charge in [0.05, 0.1) is 22.5 Å². The summed E-state index contributed by atoms with van der Waals surface area (Å²) in [7, 11) is 4.18. The van der Waals surface area contributed by atoms with Crippen molar-refractivity contribution >= 4 is 33.4 Å². The Morgan fingerprint density at radius 1 is 1.07 bits per heavy atom. The Kier molecular flexibility index (Phi) is 7.26. The maximum atomic E-state index is 13.5. The molecule has 0 saturated carbocycles. The lowest BCUT2D eigenvalue weighted by Crippen LogP contribution is -2.44. The molecule has 2 aliphatic heterocycles. The van der Waals surface area contributed by atoms with Crippen LogP contribution in [0.2, 0.25) is 0 Å². The van der Waals surface area contributed by atoms with Gasteiger partial charge in [0.2, 0.25) is 0 Å². The molecule has 1 aliphatic carbocycles. The third-order valence-corrected chi connectivity index (χ3v) is 9.42. The summed E-state index contributed by atoms with van der Waals surface area (Å²) < 4.78 is 4.44. The van der Waals surface area contributed by atoms with Crippen LogP contribution in [0, 0.1) is 5.92 Å². The number of fused-ring (bicyclic) bond motifs is 10. The Balaban J connectivity index is 1.40. The van der Waals surface area contributed by atoms with E-state index in [1.807, 2.05) is 18.7 Å². The van der Waals surface area contributed by atoms with E-state index >= 15 is 0 Å². The number of amides is 1. The number of nitrogens with one attached hydrogen (secondary N) is 1. The molecule has 7 rings (SSSR count). The average Bonchev–Trinajstić information content (AvgIpc) is 3.66. The predicted molar refractivity (Wildman–Crippen MR) is 172 cm³/mol. The molecule has 226 valence electrons. The van der Waals surface area contributed by atoms with Crippen LogP contribution >= 0.6 is 0 Å². The Morgan fingerprint density at radius 2 is 1.88 bits per heavy atom. The lowest BCUT2D eigenvalue weighted by Gasteiger charge is -2.32. The molecule has 0 atom stereocenters. The van der Waals surface area contributed by atoms with Crippen LogP contribution < -0.4 is 5.32 Å². The summed E-state index contributed by atoms with van der Waals surface area (Å²) in [6.45, 7) is 13.9. The number of benzene rings is 2. The molecule has 4 aromatic rings. The van der Waals surface area contributed by atoms with Crippen LogP contribution in [-0.4, -0.2) is 82.1 Å². The summed E-state index contributed by atoms with van der Waals surface area (Å²) in [5.41, 5.74) is 10.9. The number of carbonyl (C=O) groups is 1. The van der Waals surface area contributed by atoms with Crippen molar-refractivity contribution in [1.82, 2.24) is 29.5 Å². The molecule has 1 saturated heterocycles. The molecular weight excluding hydrogens is 538 g/mol. The highest BCUT2D eigenvalue weighted by molar-refractivity contribution is 6.20. The zero-order chi connectivity index (χ0) is 29.8. The largest absolute Gasteiger partial charge is 0.395 e. The highest BCUT2D eigenvalue weighted by Gasteiger charge is 2.35. The number of aryl methyl sites for hydroxylation is 4. The molecule has 2 aromatic heterocycles. The van der Waals surface area contributed by atoms with Gasteiger partial charge in [-0.2, -0.15) is 5.10 Å². The number of carbonyl (C=O) groups excluding carboxylic acids is 1. The highest BCUT2D eigenvalue weighted by atomic mass is 16.6. The normalized spacial score (nSPS) is 17.5. The summed E-state index contributed by atoms with van der Waals surface area (Å²) in [6, 6.07) is 6.69. The second-order valence-electron chi connectivity index (χ2n) is 13.0. The van der Waals surface area contributed by atoms with Crippen molar-refractivity contribution in [2.24, 2.45) is 18.1 Å². The van der Waals surface area contributed by atoms with Gasteiger partial charge in [0.15, 0.2) is 0 Å². The zero-order valence-corrected chi connectivity index (χ0v) is 26.2. The van der Waals surface area contributed by atoms with E-state index in [0.29, 0.717) is 19.1 Å². The van der Waals surface area contributed by atoms with Gasteiger partial charge < -0.3 is 24.5 Å². The standard InChI is InChI=1S/C34H43N7O2/c1-21(2)20-43-37-22(3)23-7-10-29-25(17-23)31-26-18-35-34(42)32(26)30-24(8-9-28-27(30)19-39(5)36-28)33(31)41(29)12-6-11-40-15-13-38(4)14-16-40/h7,10,17,19,21H,6,8-9,11-16,18,20H2,1-5H3,(H,35,42). The smallest absolute Gasteiger partial charge is 0.252 e. The predicted octanol–water partition coefficient (Wildman–Crippen LogP) is 4.57. The monoisotopic (exact) mass is 581 g/mol. The van der Waals surface area contributed by atoms with Gasteiger partial charge in [-0.15, -0.1) is 0 Å². The van der Waals surface area contributed by atoms with Gasteiger partial charge >= 0.3 is 0 Å².